The van der Waals surface area contributed by atoms with Crippen molar-refractivity contribution in [3.8, 4) is 17.9 Å². The van der Waals surface area contributed by atoms with Gasteiger partial charge in [-0.15, -0.1) is 0 Å². The third-order valence-electron chi connectivity index (χ3n) is 4.83. The summed E-state index contributed by atoms with van der Waals surface area (Å²) in [7, 11) is -2.33. The molecule has 1 amide bonds. The highest BCUT2D eigenvalue weighted by molar-refractivity contribution is 7.89. The number of methoxy groups -OCH3 is 1. The minimum atomic E-state index is -3.74. The van der Waals surface area contributed by atoms with E-state index in [1.165, 1.54) is 23.5 Å². The molecule has 0 unspecified atom stereocenters. The standard InChI is InChI=1S/C20H27N5O4S/c1-29-18-8-7-17(15-19(18)30(27,28)25-13-3-2-4-14-25)23-20(26)16-24(11-5-9-21)12-6-10-22/h7-8,15H,2-6,11-14,16H2,1H3,(H,23,26). The van der Waals surface area contributed by atoms with Crippen molar-refractivity contribution in [2.45, 2.75) is 37.0 Å². The van der Waals surface area contributed by atoms with E-state index in [1.54, 1.807) is 11.0 Å². The summed E-state index contributed by atoms with van der Waals surface area (Å²) in [5.74, 6) is -0.124. The van der Waals surface area contributed by atoms with Crippen LogP contribution < -0.4 is 10.1 Å². The van der Waals surface area contributed by atoms with E-state index in [0.29, 0.717) is 31.9 Å². The van der Waals surface area contributed by atoms with Gasteiger partial charge < -0.3 is 10.1 Å². The Morgan fingerprint density at radius 2 is 1.80 bits per heavy atom. The van der Waals surface area contributed by atoms with Crippen LogP contribution >= 0.6 is 0 Å². The summed E-state index contributed by atoms with van der Waals surface area (Å²) in [6, 6.07) is 8.57. The maximum atomic E-state index is 13.1. The molecule has 9 nitrogen and oxygen atoms in total. The number of piperidine rings is 1. The second kappa shape index (κ2) is 11.5. The summed E-state index contributed by atoms with van der Waals surface area (Å²) in [6.45, 7) is 1.69. The Bertz CT molecular complexity index is 896. The first-order valence-electron chi connectivity index (χ1n) is 9.86. The molecule has 0 bridgehead atoms. The maximum absolute atomic E-state index is 13.1. The molecule has 1 saturated heterocycles. The van der Waals surface area contributed by atoms with Crippen LogP contribution in [0, 0.1) is 22.7 Å². The first-order chi connectivity index (χ1) is 14.4. The molecule has 1 aliphatic heterocycles. The molecular weight excluding hydrogens is 406 g/mol. The van der Waals surface area contributed by atoms with Crippen LogP contribution in [0.25, 0.3) is 0 Å². The zero-order valence-corrected chi connectivity index (χ0v) is 17.9. The van der Waals surface area contributed by atoms with Gasteiger partial charge in [-0.25, -0.2) is 8.42 Å². The van der Waals surface area contributed by atoms with Gasteiger partial charge in [-0.3, -0.25) is 9.69 Å². The van der Waals surface area contributed by atoms with Gasteiger partial charge in [0.25, 0.3) is 0 Å². The number of sulfonamides is 1. The number of hydrogen-bond donors (Lipinski definition) is 1. The summed E-state index contributed by atoms with van der Waals surface area (Å²) in [6.07, 6.45) is 3.14. The monoisotopic (exact) mass is 433 g/mol. The van der Waals surface area contributed by atoms with Crippen molar-refractivity contribution in [1.29, 1.82) is 10.5 Å². The number of carbonyl (C=O) groups is 1. The van der Waals surface area contributed by atoms with Crippen molar-refractivity contribution in [2.75, 3.05) is 45.2 Å². The Morgan fingerprint density at radius 1 is 1.17 bits per heavy atom. The Balaban J connectivity index is 2.16. The fourth-order valence-corrected chi connectivity index (χ4v) is 4.99. The molecule has 1 fully saturated rings. The molecule has 10 heteroatoms. The zero-order chi connectivity index (χ0) is 22.0. The smallest absolute Gasteiger partial charge is 0.246 e. The predicted molar refractivity (Wildman–Crippen MR) is 111 cm³/mol. The molecule has 1 aromatic rings. The number of benzene rings is 1. The number of anilines is 1. The molecule has 1 aromatic carbocycles. The summed E-state index contributed by atoms with van der Waals surface area (Å²) < 4.78 is 32.9. The van der Waals surface area contributed by atoms with Gasteiger partial charge in [0.1, 0.15) is 10.6 Å². The van der Waals surface area contributed by atoms with Crippen LogP contribution in [0.1, 0.15) is 32.1 Å². The van der Waals surface area contributed by atoms with Crippen molar-refractivity contribution in [3.63, 3.8) is 0 Å². The third kappa shape index (κ3) is 6.42. The number of nitriles is 2. The van der Waals surface area contributed by atoms with Crippen molar-refractivity contribution >= 4 is 21.6 Å². The van der Waals surface area contributed by atoms with E-state index in [-0.39, 0.29) is 35.9 Å². The lowest BCUT2D eigenvalue weighted by molar-refractivity contribution is -0.117. The van der Waals surface area contributed by atoms with E-state index < -0.39 is 10.0 Å². The first kappa shape index (κ1) is 23.6. The van der Waals surface area contributed by atoms with Gasteiger partial charge in [0.05, 0.1) is 25.8 Å². The van der Waals surface area contributed by atoms with E-state index in [0.717, 1.165) is 19.3 Å². The number of carbonyl (C=O) groups excluding carboxylic acids is 1. The largest absolute Gasteiger partial charge is 0.495 e. The molecule has 2 rings (SSSR count). The number of ether oxygens (including phenoxy) is 1. The van der Waals surface area contributed by atoms with Crippen LogP contribution in [0.4, 0.5) is 5.69 Å². The maximum Gasteiger partial charge on any atom is 0.246 e. The van der Waals surface area contributed by atoms with E-state index in [1.807, 2.05) is 12.1 Å². The number of amides is 1. The number of hydrogen-bond acceptors (Lipinski definition) is 7. The highest BCUT2D eigenvalue weighted by Crippen LogP contribution is 2.31. The van der Waals surface area contributed by atoms with Gasteiger partial charge in [-0.05, 0) is 31.0 Å². The second-order valence-corrected chi connectivity index (χ2v) is 8.88. The zero-order valence-electron chi connectivity index (χ0n) is 17.1. The van der Waals surface area contributed by atoms with E-state index in [4.69, 9.17) is 15.3 Å². The average Bonchev–Trinajstić information content (AvgIpc) is 2.76. The molecule has 0 spiro atoms. The summed E-state index contributed by atoms with van der Waals surface area (Å²) in [4.78, 5) is 14.2. The fraction of sp³-hybridized carbons (Fsp3) is 0.550. The lowest BCUT2D eigenvalue weighted by Gasteiger charge is -2.26. The van der Waals surface area contributed by atoms with Gasteiger partial charge in [0.2, 0.25) is 15.9 Å². The molecule has 162 valence electrons. The van der Waals surface area contributed by atoms with Crippen LogP contribution in [0.5, 0.6) is 5.75 Å². The van der Waals surface area contributed by atoms with Crippen LogP contribution in [0.15, 0.2) is 23.1 Å². The quantitative estimate of drug-likeness (QED) is 0.597. The minimum absolute atomic E-state index is 0.00357. The SMILES string of the molecule is COc1ccc(NC(=O)CN(CCC#N)CCC#N)cc1S(=O)(=O)N1CCCCC1. The van der Waals surface area contributed by atoms with Gasteiger partial charge >= 0.3 is 0 Å². The molecule has 1 aliphatic rings. The molecule has 30 heavy (non-hydrogen) atoms. The van der Waals surface area contributed by atoms with Crippen LogP contribution in [-0.2, 0) is 14.8 Å². The fourth-order valence-electron chi connectivity index (χ4n) is 3.29. The second-order valence-electron chi connectivity index (χ2n) is 6.97. The Hall–Kier alpha value is -2.66. The molecule has 0 atom stereocenters. The molecule has 0 radical (unpaired) electrons. The van der Waals surface area contributed by atoms with Crippen molar-refractivity contribution in [1.82, 2.24) is 9.21 Å². The molecule has 1 heterocycles. The Kier molecular flexibility index (Phi) is 9.06. The van der Waals surface area contributed by atoms with E-state index in [9.17, 15) is 13.2 Å². The highest BCUT2D eigenvalue weighted by atomic mass is 32.2. The lowest BCUT2D eigenvalue weighted by atomic mass is 10.2. The van der Waals surface area contributed by atoms with Crippen LogP contribution in [0.3, 0.4) is 0 Å². The van der Waals surface area contributed by atoms with Crippen molar-refractivity contribution < 1.29 is 17.9 Å². The van der Waals surface area contributed by atoms with Gasteiger partial charge in [0.15, 0.2) is 0 Å². The Labute approximate surface area is 177 Å². The summed E-state index contributed by atoms with van der Waals surface area (Å²) in [5, 5.41) is 20.2. The van der Waals surface area contributed by atoms with Gasteiger partial charge in [-0.1, -0.05) is 6.42 Å². The summed E-state index contributed by atoms with van der Waals surface area (Å²) in [5.41, 5.74) is 0.344. The van der Waals surface area contributed by atoms with E-state index >= 15 is 0 Å². The molecular formula is C20H27N5O4S. The van der Waals surface area contributed by atoms with Crippen molar-refractivity contribution in [3.05, 3.63) is 18.2 Å². The van der Waals surface area contributed by atoms with Crippen LogP contribution in [-0.4, -0.2) is 63.4 Å². The molecule has 0 saturated carbocycles. The normalized spacial score (nSPS) is 14.7. The van der Waals surface area contributed by atoms with E-state index in [2.05, 4.69) is 5.32 Å². The number of rotatable bonds is 10. The average molecular weight is 434 g/mol. The molecule has 1 N–H and O–H groups in total. The first-order valence-corrected chi connectivity index (χ1v) is 11.3. The molecule has 0 aliphatic carbocycles. The summed E-state index contributed by atoms with van der Waals surface area (Å²) >= 11 is 0. The molecule has 0 aromatic heterocycles. The van der Waals surface area contributed by atoms with Gasteiger partial charge in [0, 0.05) is 44.7 Å². The van der Waals surface area contributed by atoms with Gasteiger partial charge in [-0.2, -0.15) is 14.8 Å². The van der Waals surface area contributed by atoms with Crippen LogP contribution in [0.2, 0.25) is 0 Å². The number of nitrogens with zero attached hydrogens (tertiary/aromatic N) is 4. The lowest BCUT2D eigenvalue weighted by Crippen LogP contribution is -2.36. The number of nitrogens with one attached hydrogen (secondary N) is 1. The third-order valence-corrected chi connectivity index (χ3v) is 6.75. The highest BCUT2D eigenvalue weighted by Gasteiger charge is 2.29. The predicted octanol–water partition coefficient (Wildman–Crippen LogP) is 1.94. The van der Waals surface area contributed by atoms with Crippen molar-refractivity contribution in [2.24, 2.45) is 0 Å². The topological polar surface area (TPSA) is 127 Å². The minimum Gasteiger partial charge on any atom is -0.495 e. The Morgan fingerprint density at radius 3 is 2.37 bits per heavy atom.